The van der Waals surface area contributed by atoms with Gasteiger partial charge in [0.05, 0.1) is 6.54 Å². The van der Waals surface area contributed by atoms with Crippen LogP contribution in [0.25, 0.3) is 0 Å². The summed E-state index contributed by atoms with van der Waals surface area (Å²) in [5, 5.41) is 0. The summed E-state index contributed by atoms with van der Waals surface area (Å²) >= 11 is 0. The van der Waals surface area contributed by atoms with Crippen molar-refractivity contribution < 1.29 is 4.42 Å². The molecule has 0 radical (unpaired) electrons. The van der Waals surface area contributed by atoms with Crippen molar-refractivity contribution in [2.45, 2.75) is 33.4 Å². The second kappa shape index (κ2) is 5.33. The van der Waals surface area contributed by atoms with Gasteiger partial charge in [0.25, 0.3) is 0 Å². The van der Waals surface area contributed by atoms with E-state index >= 15 is 0 Å². The molecule has 0 spiro atoms. The van der Waals surface area contributed by atoms with Crippen molar-refractivity contribution in [3.05, 3.63) is 23.7 Å². The maximum Gasteiger partial charge on any atom is 0.118 e. The highest BCUT2D eigenvalue weighted by molar-refractivity contribution is 5.05. The summed E-state index contributed by atoms with van der Waals surface area (Å²) in [5.41, 5.74) is 5.76. The lowest BCUT2D eigenvalue weighted by Gasteiger charge is -2.29. The first-order valence-electron chi connectivity index (χ1n) is 5.50. The van der Waals surface area contributed by atoms with Crippen molar-refractivity contribution >= 4 is 0 Å². The van der Waals surface area contributed by atoms with Gasteiger partial charge in [-0.25, -0.2) is 0 Å². The Morgan fingerprint density at radius 1 is 1.40 bits per heavy atom. The van der Waals surface area contributed by atoms with E-state index in [1.165, 1.54) is 0 Å². The van der Waals surface area contributed by atoms with Gasteiger partial charge in [-0.3, -0.25) is 4.90 Å². The standard InChI is InChI=1S/C12H22N2O/c1-9(2)12(7-13)14(4)8-11-6-5-10(3)15-11/h5-6,9,12H,7-8,13H2,1-4H3. The molecule has 0 fully saturated rings. The molecular formula is C12H22N2O. The Hall–Kier alpha value is -0.800. The van der Waals surface area contributed by atoms with Gasteiger partial charge in [0.2, 0.25) is 0 Å². The first-order chi connectivity index (χ1) is 7.04. The summed E-state index contributed by atoms with van der Waals surface area (Å²) in [7, 11) is 2.09. The van der Waals surface area contributed by atoms with Gasteiger partial charge >= 0.3 is 0 Å². The lowest BCUT2D eigenvalue weighted by molar-refractivity contribution is 0.177. The Kier molecular flexibility index (Phi) is 4.36. The van der Waals surface area contributed by atoms with Crippen LogP contribution < -0.4 is 5.73 Å². The second-order valence-electron chi connectivity index (χ2n) is 4.47. The minimum atomic E-state index is 0.412. The van der Waals surface area contributed by atoms with Gasteiger partial charge in [0, 0.05) is 12.6 Å². The first kappa shape index (κ1) is 12.3. The number of furan rings is 1. The number of nitrogens with zero attached hydrogens (tertiary/aromatic N) is 1. The maximum atomic E-state index is 5.76. The Balaban J connectivity index is 2.57. The predicted molar refractivity (Wildman–Crippen MR) is 62.6 cm³/mol. The van der Waals surface area contributed by atoms with Crippen molar-refractivity contribution in [3.8, 4) is 0 Å². The fourth-order valence-electron chi connectivity index (χ4n) is 1.89. The van der Waals surface area contributed by atoms with Crippen molar-refractivity contribution in [1.82, 2.24) is 4.90 Å². The molecule has 1 unspecified atom stereocenters. The van der Waals surface area contributed by atoms with E-state index in [2.05, 4.69) is 25.8 Å². The van der Waals surface area contributed by atoms with Gasteiger partial charge in [-0.2, -0.15) is 0 Å². The van der Waals surface area contributed by atoms with Gasteiger partial charge in [0.1, 0.15) is 11.5 Å². The van der Waals surface area contributed by atoms with Crippen LogP contribution in [-0.2, 0) is 6.54 Å². The van der Waals surface area contributed by atoms with E-state index in [0.717, 1.165) is 18.1 Å². The molecule has 0 saturated carbocycles. The van der Waals surface area contributed by atoms with Crippen molar-refractivity contribution in [3.63, 3.8) is 0 Å². The predicted octanol–water partition coefficient (Wildman–Crippen LogP) is 2.00. The number of hydrogen-bond acceptors (Lipinski definition) is 3. The van der Waals surface area contributed by atoms with E-state index in [0.29, 0.717) is 18.5 Å². The maximum absolute atomic E-state index is 5.76. The van der Waals surface area contributed by atoms with Crippen molar-refractivity contribution in [2.24, 2.45) is 11.7 Å². The molecule has 0 amide bonds. The SMILES string of the molecule is Cc1ccc(CN(C)C(CN)C(C)C)o1. The molecule has 0 aromatic carbocycles. The summed E-state index contributed by atoms with van der Waals surface area (Å²) in [6.45, 7) is 7.87. The Morgan fingerprint density at radius 2 is 2.07 bits per heavy atom. The number of aryl methyl sites for hydroxylation is 1. The van der Waals surface area contributed by atoms with Crippen LogP contribution in [-0.4, -0.2) is 24.5 Å². The van der Waals surface area contributed by atoms with Crippen LogP contribution in [0.3, 0.4) is 0 Å². The third kappa shape index (κ3) is 3.36. The van der Waals surface area contributed by atoms with E-state index in [-0.39, 0.29) is 0 Å². The Morgan fingerprint density at radius 3 is 2.47 bits per heavy atom. The molecule has 1 aromatic rings. The van der Waals surface area contributed by atoms with Crippen LogP contribution in [0.1, 0.15) is 25.4 Å². The van der Waals surface area contributed by atoms with Gasteiger partial charge in [-0.05, 0) is 32.0 Å². The van der Waals surface area contributed by atoms with Crippen LogP contribution in [0.2, 0.25) is 0 Å². The van der Waals surface area contributed by atoms with Crippen molar-refractivity contribution in [1.29, 1.82) is 0 Å². The quantitative estimate of drug-likeness (QED) is 0.808. The summed E-state index contributed by atoms with van der Waals surface area (Å²) < 4.78 is 5.55. The summed E-state index contributed by atoms with van der Waals surface area (Å²) in [4.78, 5) is 2.25. The average Bonchev–Trinajstić information content (AvgIpc) is 2.51. The van der Waals surface area contributed by atoms with Crippen LogP contribution in [0.5, 0.6) is 0 Å². The molecule has 3 nitrogen and oxygen atoms in total. The second-order valence-corrected chi connectivity index (χ2v) is 4.47. The molecule has 0 saturated heterocycles. The third-order valence-corrected chi connectivity index (χ3v) is 2.78. The van der Waals surface area contributed by atoms with E-state index < -0.39 is 0 Å². The molecular weight excluding hydrogens is 188 g/mol. The Bertz CT molecular complexity index is 294. The molecule has 0 aliphatic rings. The fourth-order valence-corrected chi connectivity index (χ4v) is 1.89. The zero-order valence-corrected chi connectivity index (χ0v) is 10.2. The lowest BCUT2D eigenvalue weighted by atomic mass is 10.0. The van der Waals surface area contributed by atoms with Crippen LogP contribution in [0, 0.1) is 12.8 Å². The molecule has 0 aliphatic heterocycles. The minimum absolute atomic E-state index is 0.412. The van der Waals surface area contributed by atoms with Crippen molar-refractivity contribution in [2.75, 3.05) is 13.6 Å². The van der Waals surface area contributed by atoms with Gasteiger partial charge < -0.3 is 10.2 Å². The normalized spacial score (nSPS) is 13.8. The highest BCUT2D eigenvalue weighted by Gasteiger charge is 2.17. The average molecular weight is 210 g/mol. The highest BCUT2D eigenvalue weighted by atomic mass is 16.3. The van der Waals surface area contributed by atoms with Crippen LogP contribution in [0.4, 0.5) is 0 Å². The molecule has 1 rings (SSSR count). The van der Waals surface area contributed by atoms with E-state index in [9.17, 15) is 0 Å². The summed E-state index contributed by atoms with van der Waals surface area (Å²) in [6.07, 6.45) is 0. The number of nitrogens with two attached hydrogens (primary N) is 1. The highest BCUT2D eigenvalue weighted by Crippen LogP contribution is 2.13. The fraction of sp³-hybridized carbons (Fsp3) is 0.667. The molecule has 1 aromatic heterocycles. The molecule has 1 atom stereocenters. The monoisotopic (exact) mass is 210 g/mol. The zero-order chi connectivity index (χ0) is 11.4. The first-order valence-corrected chi connectivity index (χ1v) is 5.50. The van der Waals surface area contributed by atoms with E-state index in [1.807, 2.05) is 19.1 Å². The molecule has 86 valence electrons. The molecule has 0 aliphatic carbocycles. The largest absolute Gasteiger partial charge is 0.465 e. The third-order valence-electron chi connectivity index (χ3n) is 2.78. The number of rotatable bonds is 5. The summed E-state index contributed by atoms with van der Waals surface area (Å²) in [6, 6.07) is 4.44. The molecule has 3 heteroatoms. The summed E-state index contributed by atoms with van der Waals surface area (Å²) in [5.74, 6) is 2.54. The van der Waals surface area contributed by atoms with Crippen LogP contribution in [0.15, 0.2) is 16.5 Å². The number of hydrogen-bond donors (Lipinski definition) is 1. The van der Waals surface area contributed by atoms with Crippen LogP contribution >= 0.6 is 0 Å². The zero-order valence-electron chi connectivity index (χ0n) is 10.2. The molecule has 15 heavy (non-hydrogen) atoms. The van der Waals surface area contributed by atoms with E-state index in [1.54, 1.807) is 0 Å². The molecule has 2 N–H and O–H groups in total. The van der Waals surface area contributed by atoms with Gasteiger partial charge in [-0.15, -0.1) is 0 Å². The minimum Gasteiger partial charge on any atom is -0.465 e. The topological polar surface area (TPSA) is 42.4 Å². The van der Waals surface area contributed by atoms with Gasteiger partial charge in [-0.1, -0.05) is 13.8 Å². The van der Waals surface area contributed by atoms with Gasteiger partial charge in [0.15, 0.2) is 0 Å². The molecule has 1 heterocycles. The number of likely N-dealkylation sites (N-methyl/N-ethyl adjacent to an activating group) is 1. The molecule has 0 bridgehead atoms. The smallest absolute Gasteiger partial charge is 0.118 e. The van der Waals surface area contributed by atoms with E-state index in [4.69, 9.17) is 10.2 Å². The lowest BCUT2D eigenvalue weighted by Crippen LogP contribution is -2.41. The Labute approximate surface area is 92.2 Å².